The van der Waals surface area contributed by atoms with Gasteiger partial charge in [-0.25, -0.2) is 13.2 Å². The molecule has 0 fully saturated rings. The largest absolute Gasteiger partial charge is 0.395 e. The Labute approximate surface area is 217 Å². The van der Waals surface area contributed by atoms with Gasteiger partial charge in [-0.2, -0.15) is 0 Å². The van der Waals surface area contributed by atoms with Gasteiger partial charge in [-0.1, -0.05) is 48.6 Å². The number of nitrogens with zero attached hydrogens (tertiary/aromatic N) is 1. The summed E-state index contributed by atoms with van der Waals surface area (Å²) in [5, 5.41) is 12.9. The van der Waals surface area contributed by atoms with Gasteiger partial charge >= 0.3 is 0 Å². The molecule has 0 saturated carbocycles. The molecule has 3 aromatic rings. The van der Waals surface area contributed by atoms with Gasteiger partial charge in [0.2, 0.25) is 11.8 Å². The molecule has 4 rings (SSSR count). The number of aromatic nitrogens is 1. The van der Waals surface area contributed by atoms with Crippen LogP contribution in [0, 0.1) is 17.6 Å². The van der Waals surface area contributed by atoms with Gasteiger partial charge in [0.25, 0.3) is 0 Å². The second-order valence-corrected chi connectivity index (χ2v) is 8.98. The highest BCUT2D eigenvalue weighted by atomic mass is 19.1. The number of aliphatic hydroxyl groups is 1. The molecule has 1 aliphatic carbocycles. The Kier molecular flexibility index (Phi) is 8.38. The lowest BCUT2D eigenvalue weighted by molar-refractivity contribution is -0.124. The molecule has 1 aliphatic rings. The van der Waals surface area contributed by atoms with Crippen LogP contribution < -0.4 is 11.1 Å². The average Bonchev–Trinajstić information content (AvgIpc) is 2.89. The lowest BCUT2D eigenvalue weighted by Crippen LogP contribution is -2.36. The first-order valence-electron chi connectivity index (χ1n) is 12.0. The summed E-state index contributed by atoms with van der Waals surface area (Å²) in [6, 6.07) is 14.1. The number of hydrogen-bond acceptors (Lipinski definition) is 4. The highest BCUT2D eigenvalue weighted by Crippen LogP contribution is 2.32. The molecule has 0 saturated heterocycles. The number of nitrogens with two attached hydrogens (primary N) is 1. The van der Waals surface area contributed by atoms with Gasteiger partial charge in [-0.3, -0.25) is 14.6 Å². The van der Waals surface area contributed by atoms with E-state index >= 15 is 0 Å². The molecule has 3 unspecified atom stereocenters. The quantitative estimate of drug-likeness (QED) is 0.397. The van der Waals surface area contributed by atoms with E-state index in [1.807, 2.05) is 0 Å². The lowest BCUT2D eigenvalue weighted by atomic mass is 9.88. The number of alkyl halides is 1. The Morgan fingerprint density at radius 2 is 1.76 bits per heavy atom. The number of hydrogen-bond donors (Lipinski definition) is 3. The lowest BCUT2D eigenvalue weighted by Gasteiger charge is -2.25. The fourth-order valence-corrected chi connectivity index (χ4v) is 4.49. The van der Waals surface area contributed by atoms with Crippen LogP contribution in [-0.4, -0.2) is 34.7 Å². The van der Waals surface area contributed by atoms with Crippen LogP contribution in [0.5, 0.6) is 0 Å². The number of rotatable bonds is 9. The predicted octanol–water partition coefficient (Wildman–Crippen LogP) is 3.93. The van der Waals surface area contributed by atoms with E-state index in [0.29, 0.717) is 22.4 Å². The van der Waals surface area contributed by atoms with Crippen LogP contribution in [0.15, 0.2) is 85.1 Å². The maximum Gasteiger partial charge on any atom is 0.230 e. The molecule has 2 amide bonds. The molecule has 1 heterocycles. The normalized spacial score (nSPS) is 18.4. The van der Waals surface area contributed by atoms with Crippen LogP contribution in [0.25, 0.3) is 5.57 Å². The molecule has 9 heteroatoms. The standard InChI is InChI=1S/C29H26F3N3O3/c30-20-11-17(12-21(31)15-20)13-26(35-29(38)24(16-36)18-5-2-1-3-6-18)27-22(7-4-10-34-27)19-8-9-25(32)23(14-19)28(33)37/h1-12,14-15,23-26,36H,13,16H2,(H2,33,37)(H,35,38)/t23?,24?,25?,26-/m0/s1. The van der Waals surface area contributed by atoms with Crippen LogP contribution in [-0.2, 0) is 16.0 Å². The van der Waals surface area contributed by atoms with E-state index in [1.54, 1.807) is 42.5 Å². The summed E-state index contributed by atoms with van der Waals surface area (Å²) < 4.78 is 42.3. The van der Waals surface area contributed by atoms with Crippen LogP contribution in [0.2, 0.25) is 0 Å². The topological polar surface area (TPSA) is 105 Å². The molecule has 0 aliphatic heterocycles. The number of nitrogens with one attached hydrogen (secondary N) is 1. The molecule has 4 N–H and O–H groups in total. The van der Waals surface area contributed by atoms with E-state index in [9.17, 15) is 27.9 Å². The van der Waals surface area contributed by atoms with Gasteiger partial charge in [0.15, 0.2) is 0 Å². The van der Waals surface area contributed by atoms with Crippen molar-refractivity contribution in [3.8, 4) is 0 Å². The van der Waals surface area contributed by atoms with Crippen LogP contribution >= 0.6 is 0 Å². The average molecular weight is 522 g/mol. The minimum absolute atomic E-state index is 0.0423. The first-order chi connectivity index (χ1) is 18.3. The van der Waals surface area contributed by atoms with Crippen molar-refractivity contribution in [2.45, 2.75) is 24.6 Å². The molecule has 2 aromatic carbocycles. The van der Waals surface area contributed by atoms with Gasteiger partial charge < -0.3 is 16.2 Å². The van der Waals surface area contributed by atoms with Crippen molar-refractivity contribution in [3.05, 3.63) is 119 Å². The highest BCUT2D eigenvalue weighted by molar-refractivity contribution is 5.87. The van der Waals surface area contributed by atoms with Crippen molar-refractivity contribution in [1.29, 1.82) is 0 Å². The second kappa shape index (κ2) is 11.9. The zero-order valence-electron chi connectivity index (χ0n) is 20.2. The molecule has 196 valence electrons. The number of pyridine rings is 1. The maximum atomic E-state index is 14.3. The summed E-state index contributed by atoms with van der Waals surface area (Å²) in [6.45, 7) is -0.474. The summed E-state index contributed by atoms with van der Waals surface area (Å²) >= 11 is 0. The Morgan fingerprint density at radius 3 is 2.42 bits per heavy atom. The van der Waals surface area contributed by atoms with Crippen molar-refractivity contribution in [2.75, 3.05) is 6.61 Å². The molecule has 0 spiro atoms. The number of primary amides is 1. The third-order valence-electron chi connectivity index (χ3n) is 6.35. The van der Waals surface area contributed by atoms with Crippen LogP contribution in [0.1, 0.15) is 34.3 Å². The van der Waals surface area contributed by atoms with Gasteiger partial charge in [0, 0.05) is 17.8 Å². The number of allylic oxidation sites excluding steroid dienone is 3. The molecule has 1 aromatic heterocycles. The summed E-state index contributed by atoms with van der Waals surface area (Å²) in [5.74, 6) is -5.01. The monoisotopic (exact) mass is 521 g/mol. The Bertz CT molecular complexity index is 1360. The molecule has 6 nitrogen and oxygen atoms in total. The van der Waals surface area contributed by atoms with Crippen molar-refractivity contribution in [2.24, 2.45) is 11.7 Å². The third-order valence-corrected chi connectivity index (χ3v) is 6.35. The predicted molar refractivity (Wildman–Crippen MR) is 136 cm³/mol. The molecule has 38 heavy (non-hydrogen) atoms. The number of halogens is 3. The number of carbonyl (C=O) groups is 2. The van der Waals surface area contributed by atoms with Gasteiger partial charge in [0.05, 0.1) is 30.2 Å². The highest BCUT2D eigenvalue weighted by Gasteiger charge is 2.29. The Hall–Kier alpha value is -4.24. The summed E-state index contributed by atoms with van der Waals surface area (Å²) in [6.07, 6.45) is 3.97. The van der Waals surface area contributed by atoms with Crippen molar-refractivity contribution < 1.29 is 27.9 Å². The fraction of sp³-hybridized carbons (Fsp3) is 0.207. The van der Waals surface area contributed by atoms with Gasteiger partial charge in [0.1, 0.15) is 17.8 Å². The fourth-order valence-electron chi connectivity index (χ4n) is 4.49. The van der Waals surface area contributed by atoms with Crippen LogP contribution in [0.3, 0.4) is 0 Å². The number of aliphatic hydroxyl groups excluding tert-OH is 1. The molecular weight excluding hydrogens is 495 g/mol. The van der Waals surface area contributed by atoms with E-state index in [0.717, 1.165) is 18.2 Å². The smallest absolute Gasteiger partial charge is 0.230 e. The minimum Gasteiger partial charge on any atom is -0.395 e. The Morgan fingerprint density at radius 1 is 1.05 bits per heavy atom. The van der Waals surface area contributed by atoms with Crippen LogP contribution in [0.4, 0.5) is 13.2 Å². The number of amides is 2. The van der Waals surface area contributed by atoms with Crippen molar-refractivity contribution >= 4 is 17.4 Å². The molecule has 4 atom stereocenters. The maximum absolute atomic E-state index is 14.3. The van der Waals surface area contributed by atoms with E-state index in [-0.39, 0.29) is 12.0 Å². The number of benzene rings is 2. The van der Waals surface area contributed by atoms with Crippen molar-refractivity contribution in [1.82, 2.24) is 10.3 Å². The Balaban J connectivity index is 1.75. The zero-order chi connectivity index (χ0) is 27.2. The van der Waals surface area contributed by atoms with E-state index in [4.69, 9.17) is 5.73 Å². The summed E-state index contributed by atoms with van der Waals surface area (Å²) in [7, 11) is 0. The van der Waals surface area contributed by atoms with Gasteiger partial charge in [-0.05, 0) is 47.4 Å². The zero-order valence-corrected chi connectivity index (χ0v) is 20.2. The first-order valence-corrected chi connectivity index (χ1v) is 12.0. The van der Waals surface area contributed by atoms with Gasteiger partial charge in [-0.15, -0.1) is 0 Å². The molecular formula is C29H26F3N3O3. The van der Waals surface area contributed by atoms with E-state index < -0.39 is 54.1 Å². The minimum atomic E-state index is -1.58. The van der Waals surface area contributed by atoms with E-state index in [1.165, 1.54) is 24.4 Å². The van der Waals surface area contributed by atoms with E-state index in [2.05, 4.69) is 10.3 Å². The third kappa shape index (κ3) is 6.18. The number of carbonyl (C=O) groups excluding carboxylic acids is 2. The second-order valence-electron chi connectivity index (χ2n) is 8.98. The molecule has 0 radical (unpaired) electrons. The van der Waals surface area contributed by atoms with Crippen molar-refractivity contribution in [3.63, 3.8) is 0 Å². The molecule has 0 bridgehead atoms. The summed E-state index contributed by atoms with van der Waals surface area (Å²) in [4.78, 5) is 29.6. The first kappa shape index (κ1) is 26.8. The SMILES string of the molecule is NC(=O)C1C=C(c2cccnc2[C@H](Cc2cc(F)cc(F)c2)NC(=O)C(CO)c2ccccc2)C=CC1F. The summed E-state index contributed by atoms with van der Waals surface area (Å²) in [5.41, 5.74) is 7.47.